The summed E-state index contributed by atoms with van der Waals surface area (Å²) in [6.45, 7) is 2.16. The minimum absolute atomic E-state index is 0.00750. The van der Waals surface area contributed by atoms with Crippen LogP contribution in [-0.2, 0) is 11.2 Å². The lowest BCUT2D eigenvalue weighted by Gasteiger charge is -2.18. The zero-order chi connectivity index (χ0) is 24.0. The molecule has 7 heteroatoms. The van der Waals surface area contributed by atoms with Gasteiger partial charge in [0.2, 0.25) is 5.91 Å². The van der Waals surface area contributed by atoms with Gasteiger partial charge in [0.05, 0.1) is 13.0 Å². The number of rotatable bonds is 6. The lowest BCUT2D eigenvalue weighted by atomic mass is 9.91. The number of halogens is 1. The Morgan fingerprint density at radius 2 is 2.00 bits per heavy atom. The van der Waals surface area contributed by atoms with Crippen LogP contribution < -0.4 is 15.2 Å². The normalized spacial score (nSPS) is 18.2. The molecule has 6 nitrogen and oxygen atoms in total. The molecule has 1 aliphatic carbocycles. The van der Waals surface area contributed by atoms with Crippen LogP contribution in [0.15, 0.2) is 48.5 Å². The molecule has 3 N–H and O–H groups in total. The highest BCUT2D eigenvalue weighted by Gasteiger charge is 2.32. The number of hydrogen-bond acceptors (Lipinski definition) is 4. The van der Waals surface area contributed by atoms with Gasteiger partial charge in [-0.05, 0) is 60.2 Å². The molecule has 34 heavy (non-hydrogen) atoms. The van der Waals surface area contributed by atoms with E-state index in [9.17, 15) is 9.59 Å². The van der Waals surface area contributed by atoms with Gasteiger partial charge in [0, 0.05) is 28.7 Å². The molecule has 1 heterocycles. The van der Waals surface area contributed by atoms with Crippen molar-refractivity contribution in [1.29, 1.82) is 0 Å². The SMILES string of the molecule is Cc1c(C(N)=O)cccc1-c1ccc(F)c2c1CC[C@H]2Oc1ccc2c(c1)OC[C@H]2CC(=O)O. The zero-order valence-electron chi connectivity index (χ0n) is 18.6. The third kappa shape index (κ3) is 3.77. The van der Waals surface area contributed by atoms with E-state index in [1.54, 1.807) is 30.3 Å². The van der Waals surface area contributed by atoms with E-state index in [2.05, 4.69) is 0 Å². The van der Waals surface area contributed by atoms with Crippen molar-refractivity contribution in [3.8, 4) is 22.6 Å². The number of ether oxygens (including phenoxy) is 2. The van der Waals surface area contributed by atoms with E-state index in [1.165, 1.54) is 6.07 Å². The number of carboxylic acid groups (broad SMARTS) is 1. The molecule has 0 aromatic heterocycles. The molecule has 3 aromatic carbocycles. The second-order valence-electron chi connectivity index (χ2n) is 8.78. The van der Waals surface area contributed by atoms with Gasteiger partial charge < -0.3 is 20.3 Å². The van der Waals surface area contributed by atoms with E-state index in [0.717, 1.165) is 27.8 Å². The summed E-state index contributed by atoms with van der Waals surface area (Å²) < 4.78 is 26.9. The molecule has 2 aliphatic rings. The Labute approximate surface area is 196 Å². The van der Waals surface area contributed by atoms with Gasteiger partial charge in [-0.15, -0.1) is 0 Å². The Balaban J connectivity index is 1.46. The minimum atomic E-state index is -0.868. The maximum atomic E-state index is 15.0. The highest BCUT2D eigenvalue weighted by Crippen LogP contribution is 2.44. The summed E-state index contributed by atoms with van der Waals surface area (Å²) >= 11 is 0. The van der Waals surface area contributed by atoms with Crippen LogP contribution in [0, 0.1) is 12.7 Å². The van der Waals surface area contributed by atoms with Gasteiger partial charge >= 0.3 is 5.97 Å². The number of carboxylic acids is 1. The van der Waals surface area contributed by atoms with E-state index in [4.69, 9.17) is 20.3 Å². The van der Waals surface area contributed by atoms with E-state index in [1.807, 2.05) is 19.1 Å². The van der Waals surface area contributed by atoms with Crippen molar-refractivity contribution >= 4 is 11.9 Å². The molecule has 0 fully saturated rings. The molecule has 0 spiro atoms. The average molecular weight is 461 g/mol. The molecule has 174 valence electrons. The van der Waals surface area contributed by atoms with Crippen LogP contribution in [0.5, 0.6) is 11.5 Å². The number of aliphatic carboxylic acids is 1. The number of fused-ring (bicyclic) bond motifs is 2. The van der Waals surface area contributed by atoms with Gasteiger partial charge in [-0.25, -0.2) is 4.39 Å². The van der Waals surface area contributed by atoms with Crippen LogP contribution in [0.4, 0.5) is 4.39 Å². The van der Waals surface area contributed by atoms with E-state index >= 15 is 4.39 Å². The van der Waals surface area contributed by atoms with Crippen LogP contribution in [-0.4, -0.2) is 23.6 Å². The lowest BCUT2D eigenvalue weighted by molar-refractivity contribution is -0.137. The standard InChI is InChI=1S/C27H24FNO5/c1-14-17(3-2-4-18(14)27(29)32)20-7-9-22(28)26-21(20)8-10-23(26)34-16-5-6-19-15(11-25(30)31)13-33-24(19)12-16/h2-7,9,12,15,23H,8,10-11,13H2,1H3,(H2,29,32)(H,30,31)/t15-,23-/m1/s1. The molecule has 0 saturated carbocycles. The smallest absolute Gasteiger partial charge is 0.304 e. The van der Waals surface area contributed by atoms with E-state index in [-0.39, 0.29) is 18.2 Å². The molecule has 0 radical (unpaired) electrons. The van der Waals surface area contributed by atoms with Crippen LogP contribution in [0.1, 0.15) is 57.5 Å². The summed E-state index contributed by atoms with van der Waals surface area (Å²) in [5, 5.41) is 9.09. The Morgan fingerprint density at radius 1 is 1.18 bits per heavy atom. The summed E-state index contributed by atoms with van der Waals surface area (Å²) in [6.07, 6.45) is 0.782. The molecule has 0 unspecified atom stereocenters. The third-order valence-electron chi connectivity index (χ3n) is 6.74. The largest absolute Gasteiger partial charge is 0.492 e. The fourth-order valence-electron chi connectivity index (χ4n) is 5.11. The maximum absolute atomic E-state index is 15.0. The molecule has 3 aromatic rings. The molecule has 2 atom stereocenters. The highest BCUT2D eigenvalue weighted by atomic mass is 19.1. The van der Waals surface area contributed by atoms with Crippen molar-refractivity contribution < 1.29 is 28.6 Å². The minimum Gasteiger partial charge on any atom is -0.492 e. The molecular formula is C27H24FNO5. The predicted molar refractivity (Wildman–Crippen MR) is 124 cm³/mol. The molecule has 0 bridgehead atoms. The first-order valence-electron chi connectivity index (χ1n) is 11.2. The van der Waals surface area contributed by atoms with Gasteiger partial charge in [-0.1, -0.05) is 24.3 Å². The second-order valence-corrected chi connectivity index (χ2v) is 8.78. The highest BCUT2D eigenvalue weighted by molar-refractivity contribution is 5.96. The quantitative estimate of drug-likeness (QED) is 0.543. The van der Waals surface area contributed by atoms with Crippen LogP contribution >= 0.6 is 0 Å². The number of primary amides is 1. The molecule has 1 aliphatic heterocycles. The summed E-state index contributed by atoms with van der Waals surface area (Å²) in [4.78, 5) is 22.9. The van der Waals surface area contributed by atoms with Crippen molar-refractivity contribution in [2.24, 2.45) is 5.73 Å². The monoisotopic (exact) mass is 461 g/mol. The molecule has 0 saturated heterocycles. The summed E-state index contributed by atoms with van der Waals surface area (Å²) in [5.74, 6) is -0.729. The Kier molecular flexibility index (Phi) is 5.48. The van der Waals surface area contributed by atoms with Crippen molar-refractivity contribution in [2.75, 3.05) is 6.61 Å². The summed E-state index contributed by atoms with van der Waals surface area (Å²) in [5.41, 5.74) is 10.7. The first kappa shape index (κ1) is 21.9. The number of benzene rings is 3. The number of carbonyl (C=O) groups excluding carboxylic acids is 1. The first-order chi connectivity index (χ1) is 16.3. The van der Waals surface area contributed by atoms with Crippen molar-refractivity contribution in [3.63, 3.8) is 0 Å². The van der Waals surface area contributed by atoms with Crippen molar-refractivity contribution in [2.45, 2.75) is 38.2 Å². The second kappa shape index (κ2) is 8.48. The fourth-order valence-corrected chi connectivity index (χ4v) is 5.11. The number of nitrogens with two attached hydrogens (primary N) is 1. The van der Waals surface area contributed by atoms with E-state index in [0.29, 0.717) is 42.1 Å². The van der Waals surface area contributed by atoms with Gasteiger partial charge in [-0.2, -0.15) is 0 Å². The molecular weight excluding hydrogens is 437 g/mol. The van der Waals surface area contributed by atoms with Gasteiger partial charge in [0.1, 0.15) is 23.4 Å². The van der Waals surface area contributed by atoms with E-state index < -0.39 is 18.0 Å². The molecule has 5 rings (SSSR count). The van der Waals surface area contributed by atoms with Gasteiger partial charge in [0.15, 0.2) is 0 Å². The third-order valence-corrected chi connectivity index (χ3v) is 6.74. The Bertz CT molecular complexity index is 1320. The summed E-state index contributed by atoms with van der Waals surface area (Å²) in [7, 11) is 0. The van der Waals surface area contributed by atoms with Crippen LogP contribution in [0.3, 0.4) is 0 Å². The molecule has 1 amide bonds. The average Bonchev–Trinajstić information content (AvgIpc) is 3.39. The maximum Gasteiger partial charge on any atom is 0.304 e. The first-order valence-corrected chi connectivity index (χ1v) is 11.2. The van der Waals surface area contributed by atoms with Crippen LogP contribution in [0.25, 0.3) is 11.1 Å². The number of amides is 1. The van der Waals surface area contributed by atoms with Gasteiger partial charge in [-0.3, -0.25) is 9.59 Å². The number of carbonyl (C=O) groups is 2. The van der Waals surface area contributed by atoms with Crippen molar-refractivity contribution in [1.82, 2.24) is 0 Å². The zero-order valence-corrected chi connectivity index (χ0v) is 18.6. The fraction of sp³-hybridized carbons (Fsp3) is 0.259. The number of hydrogen-bond donors (Lipinski definition) is 2. The Hall–Kier alpha value is -3.87. The Morgan fingerprint density at radius 3 is 2.76 bits per heavy atom. The van der Waals surface area contributed by atoms with Gasteiger partial charge in [0.25, 0.3) is 0 Å². The van der Waals surface area contributed by atoms with Crippen LogP contribution in [0.2, 0.25) is 0 Å². The topological polar surface area (TPSA) is 98.9 Å². The summed E-state index contributed by atoms with van der Waals surface area (Å²) in [6, 6.07) is 13.9. The lowest BCUT2D eigenvalue weighted by Crippen LogP contribution is -2.13. The predicted octanol–water partition coefficient (Wildman–Crippen LogP) is 4.92. The van der Waals surface area contributed by atoms with Crippen molar-refractivity contribution in [3.05, 3.63) is 82.2 Å².